The van der Waals surface area contributed by atoms with Gasteiger partial charge in [0.2, 0.25) is 0 Å². The maximum atomic E-state index is 13.4. The van der Waals surface area contributed by atoms with E-state index in [-0.39, 0.29) is 29.8 Å². The number of hydrogen-bond donors (Lipinski definition) is 1. The molecule has 0 unspecified atom stereocenters. The zero-order chi connectivity index (χ0) is 16.2. The quantitative estimate of drug-likeness (QED) is 0.820. The van der Waals surface area contributed by atoms with E-state index in [0.717, 1.165) is 32.2 Å². The van der Waals surface area contributed by atoms with Crippen LogP contribution in [0.15, 0.2) is 30.9 Å². The predicted molar refractivity (Wildman–Crippen MR) is 87.2 cm³/mol. The monoisotopic (exact) mass is 350 g/mol. The second-order valence-corrected chi connectivity index (χ2v) is 5.28. The third kappa shape index (κ3) is 4.86. The van der Waals surface area contributed by atoms with E-state index in [1.807, 2.05) is 0 Å². The smallest absolute Gasteiger partial charge is 0.416 e. The average molecular weight is 351 g/mol. The van der Waals surface area contributed by atoms with Crippen LogP contribution in [0.5, 0.6) is 5.75 Å². The number of piperazine rings is 1. The third-order valence-electron chi connectivity index (χ3n) is 3.91. The minimum absolute atomic E-state index is 0. The van der Waals surface area contributed by atoms with Crippen molar-refractivity contribution in [1.82, 2.24) is 10.2 Å². The normalized spacial score (nSPS) is 17.2. The molecule has 1 N–H and O–H groups in total. The van der Waals surface area contributed by atoms with E-state index >= 15 is 0 Å². The lowest BCUT2D eigenvalue weighted by Crippen LogP contribution is -2.45. The molecular weight excluding hydrogens is 329 g/mol. The van der Waals surface area contributed by atoms with Crippen LogP contribution >= 0.6 is 12.4 Å². The molecule has 1 saturated heterocycles. The van der Waals surface area contributed by atoms with Gasteiger partial charge in [-0.1, -0.05) is 12.1 Å². The molecule has 3 nitrogen and oxygen atoms in total. The third-order valence-corrected chi connectivity index (χ3v) is 3.91. The minimum Gasteiger partial charge on any atom is -0.497 e. The van der Waals surface area contributed by atoms with E-state index in [4.69, 9.17) is 4.74 Å². The van der Waals surface area contributed by atoms with E-state index in [0.29, 0.717) is 6.42 Å². The molecule has 0 radical (unpaired) electrons. The molecule has 0 aromatic heterocycles. The Morgan fingerprint density at radius 1 is 1.35 bits per heavy atom. The van der Waals surface area contributed by atoms with Crippen LogP contribution in [0.1, 0.15) is 23.6 Å². The summed E-state index contributed by atoms with van der Waals surface area (Å²) in [6.07, 6.45) is -2.25. The van der Waals surface area contributed by atoms with Crippen LogP contribution < -0.4 is 10.1 Å². The average Bonchev–Trinajstić information content (AvgIpc) is 2.52. The lowest BCUT2D eigenvalue weighted by molar-refractivity contribution is -0.139. The number of methoxy groups -OCH3 is 1. The SMILES string of the molecule is C=CC[C@H](c1ccc(OC)cc1C(F)(F)F)N1CCNCC1.Cl. The van der Waals surface area contributed by atoms with Gasteiger partial charge in [-0.2, -0.15) is 13.2 Å². The van der Waals surface area contributed by atoms with Gasteiger partial charge in [-0.3, -0.25) is 4.90 Å². The first-order valence-corrected chi connectivity index (χ1v) is 7.28. The van der Waals surface area contributed by atoms with Gasteiger partial charge >= 0.3 is 6.18 Å². The van der Waals surface area contributed by atoms with Gasteiger partial charge in [0.05, 0.1) is 12.7 Å². The van der Waals surface area contributed by atoms with Crippen LogP contribution in [0.3, 0.4) is 0 Å². The van der Waals surface area contributed by atoms with Crippen LogP contribution in [-0.4, -0.2) is 38.2 Å². The number of rotatable bonds is 5. The van der Waals surface area contributed by atoms with Crippen molar-refractivity contribution in [3.63, 3.8) is 0 Å². The van der Waals surface area contributed by atoms with Crippen LogP contribution in [0, 0.1) is 0 Å². The minimum atomic E-state index is -4.41. The Hall–Kier alpha value is -1.24. The topological polar surface area (TPSA) is 24.5 Å². The van der Waals surface area contributed by atoms with Crippen molar-refractivity contribution in [2.75, 3.05) is 33.3 Å². The van der Waals surface area contributed by atoms with Crippen LogP contribution in [0.25, 0.3) is 0 Å². The maximum Gasteiger partial charge on any atom is 0.416 e. The summed E-state index contributed by atoms with van der Waals surface area (Å²) in [4.78, 5) is 2.08. The molecule has 1 atom stereocenters. The highest BCUT2D eigenvalue weighted by Gasteiger charge is 2.37. The highest BCUT2D eigenvalue weighted by molar-refractivity contribution is 5.85. The van der Waals surface area contributed by atoms with E-state index in [1.54, 1.807) is 12.1 Å². The van der Waals surface area contributed by atoms with Crippen LogP contribution in [-0.2, 0) is 6.18 Å². The van der Waals surface area contributed by atoms with Gasteiger partial charge in [0, 0.05) is 32.2 Å². The Morgan fingerprint density at radius 3 is 2.52 bits per heavy atom. The first kappa shape index (κ1) is 19.8. The molecule has 1 aliphatic heterocycles. The highest BCUT2D eigenvalue weighted by Crippen LogP contribution is 2.39. The number of alkyl halides is 3. The second kappa shape index (κ2) is 8.57. The Kier molecular flexibility index (Phi) is 7.38. The Morgan fingerprint density at radius 2 is 2.00 bits per heavy atom. The molecule has 23 heavy (non-hydrogen) atoms. The predicted octanol–water partition coefficient (Wildman–Crippen LogP) is 3.66. The van der Waals surface area contributed by atoms with E-state index < -0.39 is 11.7 Å². The molecule has 0 amide bonds. The summed E-state index contributed by atoms with van der Waals surface area (Å²) < 4.78 is 45.2. The Bertz CT molecular complexity index is 517. The fraction of sp³-hybridized carbons (Fsp3) is 0.500. The summed E-state index contributed by atoms with van der Waals surface area (Å²) in [5.41, 5.74) is -0.340. The van der Waals surface area contributed by atoms with E-state index in [9.17, 15) is 13.2 Å². The van der Waals surface area contributed by atoms with Crippen molar-refractivity contribution >= 4 is 12.4 Å². The molecule has 1 fully saturated rings. The van der Waals surface area contributed by atoms with Gasteiger partial charge in [-0.05, 0) is 24.1 Å². The lowest BCUT2D eigenvalue weighted by atomic mass is 9.95. The fourth-order valence-electron chi connectivity index (χ4n) is 2.82. The standard InChI is InChI=1S/C16H21F3N2O.ClH/c1-3-4-15(21-9-7-20-8-10-21)13-6-5-12(22-2)11-14(13)16(17,18)19;/h3,5-6,11,15,20H,1,4,7-10H2,2H3;1H/t15-;/m1./s1. The maximum absolute atomic E-state index is 13.4. The van der Waals surface area contributed by atoms with E-state index in [1.165, 1.54) is 13.2 Å². The van der Waals surface area contributed by atoms with E-state index in [2.05, 4.69) is 16.8 Å². The number of nitrogens with one attached hydrogen (secondary N) is 1. The van der Waals surface area contributed by atoms with Crippen molar-refractivity contribution in [2.24, 2.45) is 0 Å². The molecule has 1 aromatic rings. The fourth-order valence-corrected chi connectivity index (χ4v) is 2.82. The molecule has 7 heteroatoms. The van der Waals surface area contributed by atoms with Gasteiger partial charge in [-0.15, -0.1) is 19.0 Å². The summed E-state index contributed by atoms with van der Waals surface area (Å²) >= 11 is 0. The van der Waals surface area contributed by atoms with Crippen molar-refractivity contribution in [3.8, 4) is 5.75 Å². The number of nitrogens with zero attached hydrogens (tertiary/aromatic N) is 1. The molecule has 130 valence electrons. The zero-order valence-electron chi connectivity index (χ0n) is 13.0. The van der Waals surface area contributed by atoms with Crippen molar-refractivity contribution < 1.29 is 17.9 Å². The molecule has 0 bridgehead atoms. The number of halogens is 4. The molecule has 1 aliphatic rings. The second-order valence-electron chi connectivity index (χ2n) is 5.28. The van der Waals surface area contributed by atoms with Crippen LogP contribution in [0.4, 0.5) is 13.2 Å². The zero-order valence-corrected chi connectivity index (χ0v) is 13.8. The summed E-state index contributed by atoms with van der Waals surface area (Å²) in [6.45, 7) is 6.71. The van der Waals surface area contributed by atoms with Gasteiger partial charge in [0.15, 0.2) is 0 Å². The molecule has 0 spiro atoms. The first-order valence-electron chi connectivity index (χ1n) is 7.28. The number of ether oxygens (including phenoxy) is 1. The summed E-state index contributed by atoms with van der Waals surface area (Å²) in [7, 11) is 1.37. The number of benzene rings is 1. The lowest BCUT2D eigenvalue weighted by Gasteiger charge is -2.36. The molecular formula is C16H22ClF3N2O. The van der Waals surface area contributed by atoms with Crippen molar-refractivity contribution in [1.29, 1.82) is 0 Å². The number of hydrogen-bond acceptors (Lipinski definition) is 3. The molecule has 1 heterocycles. The molecule has 2 rings (SSSR count). The van der Waals surface area contributed by atoms with Gasteiger partial charge < -0.3 is 10.1 Å². The Balaban J connectivity index is 0.00000264. The summed E-state index contributed by atoms with van der Waals surface area (Å²) in [5.74, 6) is 0.216. The summed E-state index contributed by atoms with van der Waals surface area (Å²) in [6, 6.07) is 3.87. The molecule has 0 saturated carbocycles. The molecule has 1 aromatic carbocycles. The van der Waals surface area contributed by atoms with Crippen molar-refractivity contribution in [3.05, 3.63) is 42.0 Å². The Labute approximate surface area is 140 Å². The highest BCUT2D eigenvalue weighted by atomic mass is 35.5. The molecule has 0 aliphatic carbocycles. The van der Waals surface area contributed by atoms with Gasteiger partial charge in [0.1, 0.15) is 5.75 Å². The van der Waals surface area contributed by atoms with Gasteiger partial charge in [0.25, 0.3) is 0 Å². The first-order chi connectivity index (χ1) is 10.5. The summed E-state index contributed by atoms with van der Waals surface area (Å²) in [5, 5.41) is 3.22. The van der Waals surface area contributed by atoms with Crippen LogP contribution in [0.2, 0.25) is 0 Å². The largest absolute Gasteiger partial charge is 0.497 e. The van der Waals surface area contributed by atoms with Gasteiger partial charge in [-0.25, -0.2) is 0 Å². The van der Waals surface area contributed by atoms with Crippen molar-refractivity contribution in [2.45, 2.75) is 18.6 Å².